The predicted octanol–water partition coefficient (Wildman–Crippen LogP) is 3.89. The molecule has 0 bridgehead atoms. The summed E-state index contributed by atoms with van der Waals surface area (Å²) < 4.78 is 11.4. The minimum Gasteiger partial charge on any atom is -0.494 e. The summed E-state index contributed by atoms with van der Waals surface area (Å²) in [5, 5.41) is 6.72. The molecule has 1 aliphatic rings. The second-order valence-electron chi connectivity index (χ2n) is 7.74. The maximum atomic E-state index is 5.79. The SMILES string of the molecule is CCNC(=NCc1ccc(N2CCOC(C)C2)nc1)NCc1ccc(C)cc1OCC.I. The van der Waals surface area contributed by atoms with Crippen LogP contribution in [0, 0.1) is 6.92 Å². The molecule has 2 heterocycles. The molecule has 3 rings (SSSR count). The summed E-state index contributed by atoms with van der Waals surface area (Å²) in [5.41, 5.74) is 3.38. The third-order valence-electron chi connectivity index (χ3n) is 5.11. The van der Waals surface area contributed by atoms with Crippen LogP contribution in [0.4, 0.5) is 5.82 Å². The van der Waals surface area contributed by atoms with Gasteiger partial charge in [-0.1, -0.05) is 18.2 Å². The number of rotatable bonds is 8. The molecule has 176 valence electrons. The van der Waals surface area contributed by atoms with Crippen LogP contribution in [0.15, 0.2) is 41.5 Å². The highest BCUT2D eigenvalue weighted by Crippen LogP contribution is 2.20. The number of morpholine rings is 1. The number of aliphatic imine (C=N–C) groups is 1. The molecule has 1 aromatic heterocycles. The fourth-order valence-electron chi connectivity index (χ4n) is 3.51. The first-order chi connectivity index (χ1) is 15.1. The van der Waals surface area contributed by atoms with Crippen molar-refractivity contribution in [1.29, 1.82) is 0 Å². The van der Waals surface area contributed by atoms with Crippen LogP contribution in [-0.4, -0.2) is 49.9 Å². The normalized spacial score (nSPS) is 16.3. The minimum atomic E-state index is 0. The zero-order chi connectivity index (χ0) is 22.1. The monoisotopic (exact) mass is 553 g/mol. The van der Waals surface area contributed by atoms with Crippen LogP contribution < -0.4 is 20.3 Å². The summed E-state index contributed by atoms with van der Waals surface area (Å²) in [6.07, 6.45) is 2.15. The van der Waals surface area contributed by atoms with Crippen molar-refractivity contribution in [3.05, 3.63) is 53.2 Å². The Morgan fingerprint density at radius 2 is 2.09 bits per heavy atom. The van der Waals surface area contributed by atoms with Gasteiger partial charge >= 0.3 is 0 Å². The first-order valence-electron chi connectivity index (χ1n) is 11.1. The van der Waals surface area contributed by atoms with E-state index < -0.39 is 0 Å². The zero-order valence-electron chi connectivity index (χ0n) is 19.6. The Bertz CT molecular complexity index is 860. The Hall–Kier alpha value is -2.07. The van der Waals surface area contributed by atoms with Gasteiger partial charge < -0.3 is 25.0 Å². The van der Waals surface area contributed by atoms with Crippen LogP contribution in [0.3, 0.4) is 0 Å². The number of aromatic nitrogens is 1. The molecule has 7 nitrogen and oxygen atoms in total. The van der Waals surface area contributed by atoms with E-state index in [0.29, 0.717) is 19.7 Å². The van der Waals surface area contributed by atoms with Crippen molar-refractivity contribution in [1.82, 2.24) is 15.6 Å². The van der Waals surface area contributed by atoms with Crippen LogP contribution in [0.5, 0.6) is 5.75 Å². The van der Waals surface area contributed by atoms with Crippen molar-refractivity contribution >= 4 is 35.8 Å². The molecule has 1 fully saturated rings. The topological polar surface area (TPSA) is 71.0 Å². The maximum absolute atomic E-state index is 5.79. The van der Waals surface area contributed by atoms with Crippen molar-refractivity contribution in [2.75, 3.05) is 37.7 Å². The molecule has 0 amide bonds. The standard InChI is InChI=1S/C24H35N5O2.HI/c1-5-25-24(28-16-21-9-7-18(3)13-22(21)30-6-2)27-15-20-8-10-23(26-14-20)29-11-12-31-19(4)17-29;/h7-10,13-14,19H,5-6,11-12,15-17H2,1-4H3,(H2,25,27,28);1H. The van der Waals surface area contributed by atoms with Gasteiger partial charge in [-0.25, -0.2) is 9.98 Å². The quantitative estimate of drug-likeness (QED) is 0.294. The average molecular weight is 553 g/mol. The molecule has 2 aromatic rings. The molecule has 0 radical (unpaired) electrons. The number of nitrogens with zero attached hydrogens (tertiary/aromatic N) is 3. The van der Waals surface area contributed by atoms with Gasteiger partial charge in [-0.2, -0.15) is 0 Å². The number of hydrogen-bond acceptors (Lipinski definition) is 5. The van der Waals surface area contributed by atoms with Gasteiger partial charge in [0.25, 0.3) is 0 Å². The lowest BCUT2D eigenvalue weighted by Crippen LogP contribution is -2.41. The molecule has 8 heteroatoms. The predicted molar refractivity (Wildman–Crippen MR) is 141 cm³/mol. The number of halogens is 1. The van der Waals surface area contributed by atoms with E-state index in [9.17, 15) is 0 Å². The molecule has 32 heavy (non-hydrogen) atoms. The lowest BCUT2D eigenvalue weighted by atomic mass is 10.1. The first-order valence-corrected chi connectivity index (χ1v) is 11.1. The van der Waals surface area contributed by atoms with E-state index in [1.807, 2.05) is 13.1 Å². The molecule has 0 aliphatic carbocycles. The van der Waals surface area contributed by atoms with Gasteiger partial charge in [-0.15, -0.1) is 24.0 Å². The molecule has 0 saturated carbocycles. The Labute approximate surface area is 209 Å². The molecule has 1 unspecified atom stereocenters. The number of nitrogens with one attached hydrogen (secondary N) is 2. The summed E-state index contributed by atoms with van der Waals surface area (Å²) in [5.74, 6) is 2.69. The highest BCUT2D eigenvalue weighted by Gasteiger charge is 2.17. The summed E-state index contributed by atoms with van der Waals surface area (Å²) in [7, 11) is 0. The van der Waals surface area contributed by atoms with Crippen LogP contribution in [0.2, 0.25) is 0 Å². The Morgan fingerprint density at radius 3 is 2.78 bits per heavy atom. The highest BCUT2D eigenvalue weighted by molar-refractivity contribution is 14.0. The van der Waals surface area contributed by atoms with Crippen molar-refractivity contribution in [3.8, 4) is 5.75 Å². The van der Waals surface area contributed by atoms with E-state index >= 15 is 0 Å². The number of benzene rings is 1. The molecular weight excluding hydrogens is 517 g/mol. The van der Waals surface area contributed by atoms with Crippen molar-refractivity contribution in [3.63, 3.8) is 0 Å². The maximum Gasteiger partial charge on any atom is 0.191 e. The molecular formula is C24H36IN5O2. The molecule has 1 saturated heterocycles. The summed E-state index contributed by atoms with van der Waals surface area (Å²) in [6.45, 7) is 13.4. The highest BCUT2D eigenvalue weighted by atomic mass is 127. The van der Waals surface area contributed by atoms with E-state index in [0.717, 1.165) is 54.9 Å². The van der Waals surface area contributed by atoms with Crippen LogP contribution in [0.25, 0.3) is 0 Å². The van der Waals surface area contributed by atoms with Gasteiger partial charge in [0.1, 0.15) is 11.6 Å². The fraction of sp³-hybridized carbons (Fsp3) is 0.500. The van der Waals surface area contributed by atoms with E-state index in [2.05, 4.69) is 71.6 Å². The number of ether oxygens (including phenoxy) is 2. The molecule has 1 atom stereocenters. The number of pyridine rings is 1. The van der Waals surface area contributed by atoms with Gasteiger partial charge in [-0.3, -0.25) is 0 Å². The van der Waals surface area contributed by atoms with E-state index in [4.69, 9.17) is 14.5 Å². The summed E-state index contributed by atoms with van der Waals surface area (Å²) >= 11 is 0. The van der Waals surface area contributed by atoms with Crippen molar-refractivity contribution in [2.24, 2.45) is 4.99 Å². The third-order valence-corrected chi connectivity index (χ3v) is 5.11. The fourth-order valence-corrected chi connectivity index (χ4v) is 3.51. The molecule has 0 spiro atoms. The van der Waals surface area contributed by atoms with Crippen molar-refractivity contribution < 1.29 is 9.47 Å². The van der Waals surface area contributed by atoms with E-state index in [1.54, 1.807) is 0 Å². The second kappa shape index (κ2) is 13.5. The Morgan fingerprint density at radius 1 is 1.25 bits per heavy atom. The lowest BCUT2D eigenvalue weighted by Gasteiger charge is -2.32. The zero-order valence-corrected chi connectivity index (χ0v) is 21.9. The Kier molecular flexibility index (Phi) is 11.0. The van der Waals surface area contributed by atoms with E-state index in [-0.39, 0.29) is 30.1 Å². The molecule has 1 aliphatic heterocycles. The number of anilines is 1. The van der Waals surface area contributed by atoms with Crippen LogP contribution in [0.1, 0.15) is 37.5 Å². The van der Waals surface area contributed by atoms with Crippen molar-refractivity contribution in [2.45, 2.75) is 46.9 Å². The molecule has 2 N–H and O–H groups in total. The van der Waals surface area contributed by atoms with Gasteiger partial charge in [-0.05, 0) is 51.0 Å². The molecule has 1 aromatic carbocycles. The smallest absolute Gasteiger partial charge is 0.191 e. The minimum absolute atomic E-state index is 0. The largest absolute Gasteiger partial charge is 0.494 e. The average Bonchev–Trinajstić information content (AvgIpc) is 2.77. The van der Waals surface area contributed by atoms with Gasteiger partial charge in [0.15, 0.2) is 5.96 Å². The van der Waals surface area contributed by atoms with E-state index in [1.165, 1.54) is 5.56 Å². The van der Waals surface area contributed by atoms with Gasteiger partial charge in [0, 0.05) is 37.9 Å². The van der Waals surface area contributed by atoms with Crippen LogP contribution >= 0.6 is 24.0 Å². The summed E-state index contributed by atoms with van der Waals surface area (Å²) in [6, 6.07) is 10.5. The number of hydrogen-bond donors (Lipinski definition) is 2. The first kappa shape index (κ1) is 26.2. The van der Waals surface area contributed by atoms with Gasteiger partial charge in [0.05, 0.1) is 25.9 Å². The van der Waals surface area contributed by atoms with Gasteiger partial charge in [0.2, 0.25) is 0 Å². The van der Waals surface area contributed by atoms with Crippen LogP contribution in [-0.2, 0) is 17.8 Å². The Balaban J connectivity index is 0.00000363. The third kappa shape index (κ3) is 7.81. The lowest BCUT2D eigenvalue weighted by molar-refractivity contribution is 0.0529. The second-order valence-corrected chi connectivity index (χ2v) is 7.74. The number of aryl methyl sites for hydroxylation is 1. The summed E-state index contributed by atoms with van der Waals surface area (Å²) in [4.78, 5) is 11.6. The number of guanidine groups is 1.